The summed E-state index contributed by atoms with van der Waals surface area (Å²) in [6, 6.07) is 7.13. The van der Waals surface area contributed by atoms with Crippen LogP contribution in [0.25, 0.3) is 0 Å². The predicted molar refractivity (Wildman–Crippen MR) is 240 cm³/mol. The molecule has 364 valence electrons. The predicted octanol–water partition coefficient (Wildman–Crippen LogP) is 6.31. The van der Waals surface area contributed by atoms with Crippen LogP contribution in [0.2, 0.25) is 0 Å². The van der Waals surface area contributed by atoms with Crippen LogP contribution in [0.5, 0.6) is 5.75 Å². The molecule has 2 aliphatic heterocycles. The fourth-order valence-electron chi connectivity index (χ4n) is 7.63. The molecule has 0 atom stereocenters. The maximum Gasteiger partial charge on any atom is 0.333 e. The summed E-state index contributed by atoms with van der Waals surface area (Å²) in [4.78, 5) is 12.7. The Morgan fingerprint density at radius 1 is 0.727 bits per heavy atom. The first kappa shape index (κ1) is 53.6. The first-order valence-corrected chi connectivity index (χ1v) is 24.5. The van der Waals surface area contributed by atoms with Gasteiger partial charge in [0.05, 0.1) is 11.4 Å². The van der Waals surface area contributed by atoms with E-state index in [-0.39, 0.29) is 39.5 Å². The van der Waals surface area contributed by atoms with Gasteiger partial charge in [0.25, 0.3) is 26.3 Å². The van der Waals surface area contributed by atoms with Crippen LogP contribution in [0.3, 0.4) is 0 Å². The van der Waals surface area contributed by atoms with Crippen molar-refractivity contribution in [1.29, 1.82) is 5.26 Å². The average molecular weight is 965 g/mol. The summed E-state index contributed by atoms with van der Waals surface area (Å²) in [6.45, 7) is 16.8. The maximum atomic E-state index is 14.1. The van der Waals surface area contributed by atoms with Gasteiger partial charge in [0.15, 0.2) is 10.1 Å². The number of hydrogen-bond acceptors (Lipinski definition) is 13. The number of nitriles is 1. The second-order valence-corrected chi connectivity index (χ2v) is 20.7. The molecule has 4 heterocycles. The van der Waals surface area contributed by atoms with Crippen molar-refractivity contribution in [3.63, 3.8) is 0 Å². The lowest BCUT2D eigenvalue weighted by Gasteiger charge is -2.31. The minimum absolute atomic E-state index is 0.108. The van der Waals surface area contributed by atoms with E-state index in [1.54, 1.807) is 13.3 Å². The molecule has 2 amide bonds. The molecule has 2 aromatic heterocycles. The van der Waals surface area contributed by atoms with Crippen molar-refractivity contribution in [2.75, 3.05) is 31.7 Å². The first-order chi connectivity index (χ1) is 30.6. The number of aryl methyl sites for hydroxylation is 2. The number of amides is 2. The Morgan fingerprint density at radius 3 is 1.44 bits per heavy atom. The molecular formula is C44H62F2N8O10S2. The standard InChI is InChI=1S/C22H31FN4O5S.C13H16FNO.C9H15N3O4S/c1-13(2)16-10-15(23)11-17(14(3)4)20(16)24-21(28)26-33(30,31)19-12-18(27(5)25-19)22(29)6-8-32-9-7-22;1-8(2)11-5-10(14)6-12(9(3)4)13(11)16-7-15;1-12-7(6-8(11-12)17(10,14)15)9(13)2-4-16-5-3-9/h10-14,29H,6-9H2,1-5H3,(H2,24,26,28);5-6,8-9H,1-4H3;6,13H,2-5H2,1H3,(H2,10,14,15). The zero-order chi connectivity index (χ0) is 49.5. The number of carbonyl (C=O) groups excluding carboxylic acids is 1. The highest BCUT2D eigenvalue weighted by atomic mass is 32.2. The number of nitrogens with zero attached hydrogens (tertiary/aromatic N) is 5. The molecule has 0 radical (unpaired) electrons. The summed E-state index contributed by atoms with van der Waals surface area (Å²) in [5.74, 6) is -0.167. The minimum Gasteiger partial charge on any atom is -0.387 e. The topological polar surface area (TPSA) is 263 Å². The number of nitrogens with two attached hydrogens (primary N) is 1. The highest BCUT2D eigenvalue weighted by Crippen LogP contribution is 2.37. The van der Waals surface area contributed by atoms with Gasteiger partial charge in [0.2, 0.25) is 0 Å². The van der Waals surface area contributed by atoms with Crippen molar-refractivity contribution in [3.05, 3.63) is 81.7 Å². The molecule has 22 heteroatoms. The third-order valence-electron chi connectivity index (χ3n) is 11.3. The van der Waals surface area contributed by atoms with Gasteiger partial charge in [-0.3, -0.25) is 9.36 Å². The Hall–Kier alpha value is -5.02. The number of carbonyl (C=O) groups is 1. The largest absolute Gasteiger partial charge is 0.387 e. The monoisotopic (exact) mass is 964 g/mol. The average Bonchev–Trinajstić information content (AvgIpc) is 3.84. The second kappa shape index (κ2) is 21.7. The molecule has 66 heavy (non-hydrogen) atoms. The molecule has 6 N–H and O–H groups in total. The summed E-state index contributed by atoms with van der Waals surface area (Å²) in [6.07, 6.45) is 3.11. The van der Waals surface area contributed by atoms with Crippen molar-refractivity contribution in [1.82, 2.24) is 24.3 Å². The van der Waals surface area contributed by atoms with Gasteiger partial charge in [-0.25, -0.2) is 31.9 Å². The number of urea groups is 1. The van der Waals surface area contributed by atoms with Gasteiger partial charge in [0.1, 0.15) is 28.6 Å². The zero-order valence-corrected chi connectivity index (χ0v) is 40.6. The van der Waals surface area contributed by atoms with E-state index in [1.807, 2.05) is 60.1 Å². The van der Waals surface area contributed by atoms with Crippen LogP contribution in [0.15, 0.2) is 46.5 Å². The quantitative estimate of drug-likeness (QED) is 0.103. The third kappa shape index (κ3) is 13.1. The number of ether oxygens (including phenoxy) is 3. The Kier molecular flexibility index (Phi) is 17.6. The Labute approximate surface area is 385 Å². The number of halogens is 2. The van der Waals surface area contributed by atoms with E-state index in [9.17, 15) is 40.6 Å². The van der Waals surface area contributed by atoms with Gasteiger partial charge in [-0.05, 0) is 59.1 Å². The van der Waals surface area contributed by atoms with Crippen LogP contribution in [0.1, 0.15) is 138 Å². The highest BCUT2D eigenvalue weighted by molar-refractivity contribution is 7.90. The Balaban J connectivity index is 0.000000241. The highest BCUT2D eigenvalue weighted by Gasteiger charge is 2.38. The number of benzene rings is 2. The van der Waals surface area contributed by atoms with Crippen LogP contribution >= 0.6 is 0 Å². The van der Waals surface area contributed by atoms with Crippen molar-refractivity contribution >= 4 is 31.8 Å². The van der Waals surface area contributed by atoms with Crippen LogP contribution in [-0.2, 0) is 54.8 Å². The molecule has 0 aliphatic carbocycles. The van der Waals surface area contributed by atoms with Gasteiger partial charge in [0, 0.05) is 95.2 Å². The van der Waals surface area contributed by atoms with Crippen LogP contribution in [-0.4, -0.2) is 79.1 Å². The lowest BCUT2D eigenvalue weighted by Crippen LogP contribution is -2.35. The summed E-state index contributed by atoms with van der Waals surface area (Å²) < 4.78 is 95.7. The smallest absolute Gasteiger partial charge is 0.333 e. The normalized spacial score (nSPS) is 16.0. The van der Waals surface area contributed by atoms with Crippen molar-refractivity contribution in [2.45, 2.75) is 126 Å². The van der Waals surface area contributed by atoms with E-state index < -0.39 is 43.1 Å². The summed E-state index contributed by atoms with van der Waals surface area (Å²) >= 11 is 0. The third-order valence-corrected chi connectivity index (χ3v) is 13.2. The molecule has 18 nitrogen and oxygen atoms in total. The molecule has 0 spiro atoms. The van der Waals surface area contributed by atoms with E-state index >= 15 is 0 Å². The van der Waals surface area contributed by atoms with E-state index in [0.717, 1.165) is 11.1 Å². The SMILES string of the molecule is CC(C)c1cc(F)cc(C(C)C)c1NC(=O)NS(=O)(=O)c1cc(C2(O)CCOCC2)n(C)n1.CC(C)c1cc(F)cc(C(C)C)c1OC#N.Cn1nc(S(N)(=O)=O)cc1C1(O)CCOCC1. The fourth-order valence-corrected chi connectivity index (χ4v) is 9.04. The minimum atomic E-state index is -4.33. The molecule has 0 bridgehead atoms. The molecule has 0 saturated carbocycles. The van der Waals surface area contributed by atoms with Crippen LogP contribution < -0.4 is 19.9 Å². The van der Waals surface area contributed by atoms with E-state index in [0.29, 0.717) is 86.1 Å². The molecule has 2 aromatic carbocycles. The van der Waals surface area contributed by atoms with Gasteiger partial charge in [-0.1, -0.05) is 55.4 Å². The van der Waals surface area contributed by atoms with E-state index in [2.05, 4.69) is 15.5 Å². The van der Waals surface area contributed by atoms with Crippen LogP contribution in [0.4, 0.5) is 19.3 Å². The summed E-state index contributed by atoms with van der Waals surface area (Å²) in [5, 5.41) is 44.7. The number of primary sulfonamides is 1. The first-order valence-electron chi connectivity index (χ1n) is 21.4. The number of anilines is 1. The van der Waals surface area contributed by atoms with Gasteiger partial charge >= 0.3 is 6.03 Å². The van der Waals surface area contributed by atoms with E-state index in [1.165, 1.54) is 52.8 Å². The molecule has 4 aromatic rings. The number of sulfonamides is 2. The lowest BCUT2D eigenvalue weighted by molar-refractivity contribution is -0.0729. The summed E-state index contributed by atoms with van der Waals surface area (Å²) in [5.41, 5.74) is 1.41. The Morgan fingerprint density at radius 2 is 1.09 bits per heavy atom. The van der Waals surface area contributed by atoms with Crippen molar-refractivity contribution < 1.29 is 54.8 Å². The maximum absolute atomic E-state index is 14.1. The molecule has 2 aliphatic rings. The number of aliphatic hydroxyl groups is 2. The molecular weight excluding hydrogens is 903 g/mol. The van der Waals surface area contributed by atoms with Crippen LogP contribution in [0, 0.1) is 23.2 Å². The Bertz CT molecular complexity index is 2550. The van der Waals surface area contributed by atoms with Crippen molar-refractivity contribution in [3.8, 4) is 12.0 Å². The lowest BCUT2D eigenvalue weighted by atomic mass is 9.91. The fraction of sp³-hybridized carbons (Fsp3) is 0.545. The van der Waals surface area contributed by atoms with Gasteiger partial charge in [-0.2, -0.15) is 18.6 Å². The zero-order valence-electron chi connectivity index (χ0n) is 39.0. The number of nitrogens with one attached hydrogen (secondary N) is 2. The molecule has 2 fully saturated rings. The number of hydrogen-bond donors (Lipinski definition) is 5. The van der Waals surface area contributed by atoms with Crippen molar-refractivity contribution in [2.24, 2.45) is 19.2 Å². The number of rotatable bonds is 11. The molecule has 2 saturated heterocycles. The van der Waals surface area contributed by atoms with Gasteiger partial charge in [-0.15, -0.1) is 5.26 Å². The summed E-state index contributed by atoms with van der Waals surface area (Å²) in [7, 11) is -5.06. The second-order valence-electron chi connectivity index (χ2n) is 17.6. The molecule has 0 unspecified atom stereocenters. The van der Waals surface area contributed by atoms with Gasteiger partial charge < -0.3 is 29.7 Å². The number of aromatic nitrogens is 4. The van der Waals surface area contributed by atoms with E-state index in [4.69, 9.17) is 24.6 Å². The molecule has 6 rings (SSSR count).